The molecular weight excluding hydrogens is 540 g/mol. The van der Waals surface area contributed by atoms with Crippen LogP contribution in [0.1, 0.15) is 44.4 Å². The van der Waals surface area contributed by atoms with E-state index in [1.807, 2.05) is 25.1 Å². The van der Waals surface area contributed by atoms with E-state index in [0.29, 0.717) is 13.1 Å². The van der Waals surface area contributed by atoms with Crippen LogP contribution in [-0.4, -0.2) is 42.1 Å². The molecule has 0 amide bonds. The number of nitrogens with zero attached hydrogens (tertiary/aromatic N) is 3. The summed E-state index contributed by atoms with van der Waals surface area (Å²) < 4.78 is 15.3. The molecular formula is C34H42N4O3Si. The Bertz CT molecular complexity index is 1460. The average molecular weight is 583 g/mol. The maximum atomic E-state index is 13.3. The Morgan fingerprint density at radius 2 is 1.36 bits per heavy atom. The van der Waals surface area contributed by atoms with Gasteiger partial charge in [-0.05, 0) is 47.8 Å². The highest BCUT2D eigenvalue weighted by atomic mass is 28.4. The van der Waals surface area contributed by atoms with E-state index in [0.717, 1.165) is 16.7 Å². The molecule has 1 fully saturated rings. The molecule has 1 aliphatic heterocycles. The summed E-state index contributed by atoms with van der Waals surface area (Å²) in [5, 5.41) is -0.0377. The zero-order chi connectivity index (χ0) is 30.2. The molecule has 0 radical (unpaired) electrons. The molecule has 2 heterocycles. The van der Waals surface area contributed by atoms with Crippen molar-refractivity contribution in [2.24, 2.45) is 0 Å². The van der Waals surface area contributed by atoms with E-state index < -0.39 is 31.6 Å². The van der Waals surface area contributed by atoms with Crippen molar-refractivity contribution < 1.29 is 9.16 Å². The van der Waals surface area contributed by atoms with Crippen molar-refractivity contribution in [1.29, 1.82) is 0 Å². The fraction of sp³-hybridized carbons (Fsp3) is 0.353. The summed E-state index contributed by atoms with van der Waals surface area (Å²) >= 11 is 0. The number of ether oxygens (including phenoxy) is 1. The number of nitrogen functional groups attached to an aromatic ring is 1. The average Bonchev–Trinajstić information content (AvgIpc) is 2.94. The summed E-state index contributed by atoms with van der Waals surface area (Å²) in [4.78, 5) is 19.8. The van der Waals surface area contributed by atoms with Gasteiger partial charge in [-0.15, -0.1) is 0 Å². The molecule has 2 unspecified atom stereocenters. The lowest BCUT2D eigenvalue weighted by Crippen LogP contribution is -2.65. The molecule has 5 rings (SSSR count). The molecule has 2 N–H and O–H groups in total. The van der Waals surface area contributed by atoms with E-state index in [2.05, 4.69) is 117 Å². The predicted octanol–water partition coefficient (Wildman–Crippen LogP) is 6.17. The van der Waals surface area contributed by atoms with Gasteiger partial charge in [-0.2, -0.15) is 4.98 Å². The number of nitrogens with two attached hydrogens (primary N) is 1. The molecule has 0 saturated carbocycles. The van der Waals surface area contributed by atoms with Crippen LogP contribution in [0, 0.1) is 0 Å². The molecule has 4 aromatic rings. The van der Waals surface area contributed by atoms with Gasteiger partial charge in [-0.1, -0.05) is 112 Å². The van der Waals surface area contributed by atoms with Crippen LogP contribution in [0.4, 0.5) is 5.82 Å². The van der Waals surface area contributed by atoms with Crippen LogP contribution in [0.25, 0.3) is 0 Å². The number of anilines is 1. The number of hydrogen-bond donors (Lipinski definition) is 1. The Kier molecular flexibility index (Phi) is 8.02. The molecule has 42 heavy (non-hydrogen) atoms. The number of hydrogen-bond acceptors (Lipinski definition) is 6. The van der Waals surface area contributed by atoms with Crippen LogP contribution in [0.2, 0.25) is 18.1 Å². The van der Waals surface area contributed by atoms with Crippen LogP contribution in [-0.2, 0) is 20.4 Å². The lowest BCUT2D eigenvalue weighted by molar-refractivity contribution is -0.262. The molecule has 8 heteroatoms. The number of aromatic nitrogens is 2. The van der Waals surface area contributed by atoms with Gasteiger partial charge in [0.2, 0.25) is 0 Å². The number of rotatable bonds is 7. The monoisotopic (exact) mass is 582 g/mol. The summed E-state index contributed by atoms with van der Waals surface area (Å²) in [6.45, 7) is 13.9. The van der Waals surface area contributed by atoms with E-state index >= 15 is 0 Å². The van der Waals surface area contributed by atoms with Crippen LogP contribution in [0.15, 0.2) is 108 Å². The predicted molar refractivity (Wildman–Crippen MR) is 170 cm³/mol. The second kappa shape index (κ2) is 11.3. The maximum Gasteiger partial charge on any atom is 0.351 e. The largest absolute Gasteiger partial charge is 0.391 e. The molecule has 220 valence electrons. The molecule has 0 aliphatic carbocycles. The molecule has 0 spiro atoms. The van der Waals surface area contributed by atoms with Gasteiger partial charge in [0.25, 0.3) is 0 Å². The first-order valence-corrected chi connectivity index (χ1v) is 17.4. The first kappa shape index (κ1) is 29.9. The van der Waals surface area contributed by atoms with E-state index in [-0.39, 0.29) is 10.9 Å². The summed E-state index contributed by atoms with van der Waals surface area (Å²) in [7, 11) is -2.28. The second-order valence-corrected chi connectivity index (χ2v) is 17.6. The maximum absolute atomic E-state index is 13.3. The summed E-state index contributed by atoms with van der Waals surface area (Å²) in [5.41, 5.74) is 6.94. The number of morpholine rings is 1. The zero-order valence-corrected chi connectivity index (χ0v) is 26.5. The minimum atomic E-state index is -2.28. The highest BCUT2D eigenvalue weighted by Gasteiger charge is 2.52. The molecule has 1 aromatic heterocycles. The van der Waals surface area contributed by atoms with Crippen molar-refractivity contribution in [3.63, 3.8) is 0 Å². The Morgan fingerprint density at radius 1 is 0.881 bits per heavy atom. The van der Waals surface area contributed by atoms with Gasteiger partial charge in [-0.3, -0.25) is 9.47 Å². The highest BCUT2D eigenvalue weighted by Crippen LogP contribution is 2.46. The third-order valence-corrected chi connectivity index (χ3v) is 13.3. The first-order chi connectivity index (χ1) is 19.9. The van der Waals surface area contributed by atoms with Crippen LogP contribution in [0.5, 0.6) is 0 Å². The van der Waals surface area contributed by atoms with E-state index in [1.54, 1.807) is 16.8 Å². The minimum Gasteiger partial charge on any atom is -0.391 e. The Hall–Kier alpha value is -3.56. The topological polar surface area (TPSA) is 82.6 Å². The summed E-state index contributed by atoms with van der Waals surface area (Å²) in [5.74, 6) is 0.175. The SMILES string of the molecule is CC1(n2ccc(N)nc2=O)CN(C(c2ccccc2)(c2ccccc2)c2ccccc2)CC(O[Si](C)(C)C(C)(C)C)O1. The van der Waals surface area contributed by atoms with Crippen molar-refractivity contribution >= 4 is 14.1 Å². The Labute approximate surface area is 250 Å². The molecule has 7 nitrogen and oxygen atoms in total. The summed E-state index contributed by atoms with van der Waals surface area (Å²) in [6.07, 6.45) is 1.07. The van der Waals surface area contributed by atoms with Crippen LogP contribution < -0.4 is 11.4 Å². The van der Waals surface area contributed by atoms with Gasteiger partial charge < -0.3 is 14.9 Å². The standard InChI is InChI=1S/C34H42N4O3Si/c1-32(2,3)42(5,6)41-30-24-37(25-33(4,40-30)38-23-22-29(35)36-31(38)39)34(26-16-10-7-11-17-26,27-18-12-8-13-19-27)28-20-14-9-15-21-28/h7-23,30H,24-25H2,1-6H3,(H2,35,36,39). The van der Waals surface area contributed by atoms with E-state index in [4.69, 9.17) is 14.9 Å². The van der Waals surface area contributed by atoms with Crippen molar-refractivity contribution in [2.75, 3.05) is 18.8 Å². The highest BCUT2D eigenvalue weighted by molar-refractivity contribution is 6.74. The molecule has 3 aromatic carbocycles. The quantitative estimate of drug-likeness (QED) is 0.207. The van der Waals surface area contributed by atoms with Gasteiger partial charge in [0, 0.05) is 12.7 Å². The van der Waals surface area contributed by atoms with Crippen molar-refractivity contribution in [3.8, 4) is 0 Å². The van der Waals surface area contributed by atoms with Gasteiger partial charge in [-0.25, -0.2) is 4.79 Å². The lowest BCUT2D eigenvalue weighted by Gasteiger charge is -2.54. The van der Waals surface area contributed by atoms with E-state index in [9.17, 15) is 4.79 Å². The molecule has 2 atom stereocenters. The van der Waals surface area contributed by atoms with Crippen molar-refractivity contribution in [2.45, 2.75) is 63.4 Å². The summed E-state index contributed by atoms with van der Waals surface area (Å²) in [6, 6.07) is 33.3. The normalized spacial score (nSPS) is 20.4. The minimum absolute atomic E-state index is 0.0377. The second-order valence-electron chi connectivity index (χ2n) is 12.8. The van der Waals surface area contributed by atoms with Gasteiger partial charge >= 0.3 is 5.69 Å². The van der Waals surface area contributed by atoms with Gasteiger partial charge in [0.15, 0.2) is 20.3 Å². The third-order valence-electron chi connectivity index (χ3n) is 8.86. The van der Waals surface area contributed by atoms with Gasteiger partial charge in [0.1, 0.15) is 5.82 Å². The molecule has 1 saturated heterocycles. The zero-order valence-electron chi connectivity index (χ0n) is 25.5. The van der Waals surface area contributed by atoms with Crippen molar-refractivity contribution in [1.82, 2.24) is 14.5 Å². The Morgan fingerprint density at radius 3 is 1.79 bits per heavy atom. The molecule has 0 bridgehead atoms. The van der Waals surface area contributed by atoms with Crippen molar-refractivity contribution in [3.05, 3.63) is 130 Å². The number of benzene rings is 3. The fourth-order valence-electron chi connectivity index (χ4n) is 5.77. The van der Waals surface area contributed by atoms with Gasteiger partial charge in [0.05, 0.1) is 12.1 Å². The smallest absolute Gasteiger partial charge is 0.351 e. The van der Waals surface area contributed by atoms with Crippen LogP contribution in [0.3, 0.4) is 0 Å². The first-order valence-electron chi connectivity index (χ1n) is 14.5. The third kappa shape index (κ3) is 5.47. The molecule has 1 aliphatic rings. The lowest BCUT2D eigenvalue weighted by atomic mass is 9.75. The fourth-order valence-corrected chi connectivity index (χ4v) is 6.91. The van der Waals surface area contributed by atoms with E-state index in [1.165, 1.54) is 0 Å². The Balaban J connectivity index is 1.77. The van der Waals surface area contributed by atoms with Crippen LogP contribution >= 0.6 is 0 Å².